The van der Waals surface area contributed by atoms with Crippen molar-refractivity contribution in [1.29, 1.82) is 0 Å². The molecule has 0 radical (unpaired) electrons. The molecule has 0 aliphatic carbocycles. The van der Waals surface area contributed by atoms with E-state index < -0.39 is 5.82 Å². The van der Waals surface area contributed by atoms with Crippen LogP contribution in [0.4, 0.5) is 15.8 Å². The lowest BCUT2D eigenvalue weighted by Gasteiger charge is -2.29. The van der Waals surface area contributed by atoms with E-state index in [9.17, 15) is 4.39 Å². The van der Waals surface area contributed by atoms with E-state index in [1.165, 1.54) is 6.07 Å². The smallest absolute Gasteiger partial charge is 0.150 e. The van der Waals surface area contributed by atoms with E-state index in [1.807, 2.05) is 19.9 Å². The molecular formula is C14H18FN3O. The van der Waals surface area contributed by atoms with Gasteiger partial charge < -0.3 is 15.7 Å². The second-order valence-corrected chi connectivity index (χ2v) is 4.71. The number of nitrogen functional groups attached to an aromatic ring is 1. The van der Waals surface area contributed by atoms with Gasteiger partial charge in [-0.05, 0) is 32.0 Å². The molecule has 0 spiro atoms. The normalized spacial score (nSPS) is 11.2. The third kappa shape index (κ3) is 2.46. The maximum atomic E-state index is 14.3. The van der Waals surface area contributed by atoms with Gasteiger partial charge in [0.25, 0.3) is 0 Å². The first-order valence-electron chi connectivity index (χ1n) is 6.26. The number of aliphatic hydroxyl groups is 1. The van der Waals surface area contributed by atoms with E-state index in [0.717, 1.165) is 5.39 Å². The molecule has 0 atom stereocenters. The molecule has 0 aliphatic heterocycles. The van der Waals surface area contributed by atoms with E-state index in [2.05, 4.69) is 4.98 Å². The van der Waals surface area contributed by atoms with Crippen molar-refractivity contribution in [3.63, 3.8) is 0 Å². The average molecular weight is 263 g/mol. The number of anilines is 2. The van der Waals surface area contributed by atoms with Gasteiger partial charge in [-0.3, -0.25) is 4.98 Å². The van der Waals surface area contributed by atoms with Gasteiger partial charge >= 0.3 is 0 Å². The quantitative estimate of drug-likeness (QED) is 0.830. The SMILES string of the molecule is CC(C)N(CCO)c1c(F)cc(N)c2cccnc12. The number of fused-ring (bicyclic) bond motifs is 1. The van der Waals surface area contributed by atoms with E-state index in [4.69, 9.17) is 10.8 Å². The van der Waals surface area contributed by atoms with Gasteiger partial charge in [-0.2, -0.15) is 0 Å². The summed E-state index contributed by atoms with van der Waals surface area (Å²) in [6.45, 7) is 4.20. The van der Waals surface area contributed by atoms with Crippen molar-refractivity contribution < 1.29 is 9.50 Å². The third-order valence-corrected chi connectivity index (χ3v) is 3.10. The van der Waals surface area contributed by atoms with E-state index in [0.29, 0.717) is 23.4 Å². The minimum atomic E-state index is -0.411. The average Bonchev–Trinajstić information content (AvgIpc) is 2.37. The molecule has 1 aromatic carbocycles. The fourth-order valence-corrected chi connectivity index (χ4v) is 2.23. The summed E-state index contributed by atoms with van der Waals surface area (Å²) >= 11 is 0. The number of hydrogen-bond donors (Lipinski definition) is 2. The van der Waals surface area contributed by atoms with Crippen LogP contribution in [0.3, 0.4) is 0 Å². The number of halogens is 1. The zero-order chi connectivity index (χ0) is 14.0. The lowest BCUT2D eigenvalue weighted by Crippen LogP contribution is -2.34. The summed E-state index contributed by atoms with van der Waals surface area (Å²) in [6, 6.07) is 4.95. The maximum Gasteiger partial charge on any atom is 0.150 e. The van der Waals surface area contributed by atoms with E-state index in [1.54, 1.807) is 17.2 Å². The Morgan fingerprint density at radius 3 is 2.84 bits per heavy atom. The summed E-state index contributed by atoms with van der Waals surface area (Å²) in [5.74, 6) is -0.411. The number of nitrogens with two attached hydrogens (primary N) is 1. The molecule has 3 N–H and O–H groups in total. The highest BCUT2D eigenvalue weighted by Crippen LogP contribution is 2.33. The fraction of sp³-hybridized carbons (Fsp3) is 0.357. The highest BCUT2D eigenvalue weighted by Gasteiger charge is 2.19. The number of rotatable bonds is 4. The van der Waals surface area contributed by atoms with Crippen molar-refractivity contribution >= 4 is 22.3 Å². The molecule has 0 bridgehead atoms. The minimum Gasteiger partial charge on any atom is -0.398 e. The molecular weight excluding hydrogens is 245 g/mol. The van der Waals surface area contributed by atoms with Crippen molar-refractivity contribution in [2.75, 3.05) is 23.8 Å². The topological polar surface area (TPSA) is 62.4 Å². The second-order valence-electron chi connectivity index (χ2n) is 4.71. The summed E-state index contributed by atoms with van der Waals surface area (Å²) < 4.78 is 14.3. The Bertz CT molecular complexity index is 586. The van der Waals surface area contributed by atoms with Crippen molar-refractivity contribution in [1.82, 2.24) is 4.98 Å². The Hall–Kier alpha value is -1.88. The standard InChI is InChI=1S/C14H18FN3O/c1-9(2)18(6-7-19)14-11(15)8-12(16)10-4-3-5-17-13(10)14/h3-5,8-9,19H,6-7,16H2,1-2H3. The maximum absolute atomic E-state index is 14.3. The molecule has 0 saturated carbocycles. The molecule has 2 aromatic rings. The Labute approximate surface area is 111 Å². The number of benzene rings is 1. The lowest BCUT2D eigenvalue weighted by molar-refractivity contribution is 0.298. The predicted molar refractivity (Wildman–Crippen MR) is 75.7 cm³/mol. The van der Waals surface area contributed by atoms with E-state index >= 15 is 0 Å². The molecule has 4 nitrogen and oxygen atoms in total. The number of pyridine rings is 1. The van der Waals surface area contributed by atoms with Gasteiger partial charge in [-0.15, -0.1) is 0 Å². The summed E-state index contributed by atoms with van der Waals surface area (Å²) in [5, 5.41) is 9.88. The van der Waals surface area contributed by atoms with Gasteiger partial charge in [-0.1, -0.05) is 0 Å². The molecule has 0 saturated heterocycles. The van der Waals surface area contributed by atoms with Crippen molar-refractivity contribution in [3.05, 3.63) is 30.2 Å². The minimum absolute atomic E-state index is 0.0453. The highest BCUT2D eigenvalue weighted by atomic mass is 19.1. The first kappa shape index (κ1) is 13.5. The molecule has 0 aliphatic rings. The molecule has 5 heteroatoms. The first-order chi connectivity index (χ1) is 9.06. The summed E-state index contributed by atoms with van der Waals surface area (Å²) in [5.41, 5.74) is 7.13. The Morgan fingerprint density at radius 1 is 1.47 bits per heavy atom. The van der Waals surface area contributed by atoms with Crippen LogP contribution in [0.15, 0.2) is 24.4 Å². The van der Waals surface area contributed by atoms with Crippen LogP contribution in [0.2, 0.25) is 0 Å². The summed E-state index contributed by atoms with van der Waals surface area (Å²) in [6.07, 6.45) is 1.61. The Kier molecular flexibility index (Phi) is 3.85. The molecule has 1 aromatic heterocycles. The number of hydrogen-bond acceptors (Lipinski definition) is 4. The number of aliphatic hydroxyl groups excluding tert-OH is 1. The zero-order valence-electron chi connectivity index (χ0n) is 11.1. The summed E-state index contributed by atoms with van der Waals surface area (Å²) in [4.78, 5) is 6.04. The van der Waals surface area contributed by atoms with Crippen LogP contribution in [-0.4, -0.2) is 29.3 Å². The molecule has 1 heterocycles. The van der Waals surface area contributed by atoms with Gasteiger partial charge in [0.05, 0.1) is 12.1 Å². The van der Waals surface area contributed by atoms with Gasteiger partial charge in [0.1, 0.15) is 5.69 Å². The van der Waals surface area contributed by atoms with Crippen LogP contribution < -0.4 is 10.6 Å². The second kappa shape index (κ2) is 5.40. The molecule has 2 rings (SSSR count). The van der Waals surface area contributed by atoms with Crippen LogP contribution >= 0.6 is 0 Å². The van der Waals surface area contributed by atoms with Crippen LogP contribution in [-0.2, 0) is 0 Å². The van der Waals surface area contributed by atoms with Crippen LogP contribution in [0.5, 0.6) is 0 Å². The van der Waals surface area contributed by atoms with Gasteiger partial charge in [0.15, 0.2) is 5.82 Å². The third-order valence-electron chi connectivity index (χ3n) is 3.10. The van der Waals surface area contributed by atoms with Crippen LogP contribution in [0.1, 0.15) is 13.8 Å². The van der Waals surface area contributed by atoms with E-state index in [-0.39, 0.29) is 12.6 Å². The van der Waals surface area contributed by atoms with Crippen molar-refractivity contribution in [3.8, 4) is 0 Å². The van der Waals surface area contributed by atoms with Gasteiger partial charge in [0.2, 0.25) is 0 Å². The number of aromatic nitrogens is 1. The van der Waals surface area contributed by atoms with Gasteiger partial charge in [0, 0.05) is 29.9 Å². The Balaban J connectivity index is 2.70. The number of nitrogens with zero attached hydrogens (tertiary/aromatic N) is 2. The summed E-state index contributed by atoms with van der Waals surface area (Å²) in [7, 11) is 0. The van der Waals surface area contributed by atoms with Crippen molar-refractivity contribution in [2.24, 2.45) is 0 Å². The zero-order valence-corrected chi connectivity index (χ0v) is 11.1. The van der Waals surface area contributed by atoms with Crippen molar-refractivity contribution in [2.45, 2.75) is 19.9 Å². The molecule has 19 heavy (non-hydrogen) atoms. The van der Waals surface area contributed by atoms with Gasteiger partial charge in [-0.25, -0.2) is 4.39 Å². The van der Waals surface area contributed by atoms with Crippen LogP contribution in [0, 0.1) is 5.82 Å². The fourth-order valence-electron chi connectivity index (χ4n) is 2.23. The Morgan fingerprint density at radius 2 is 2.21 bits per heavy atom. The lowest BCUT2D eigenvalue weighted by atomic mass is 10.1. The largest absolute Gasteiger partial charge is 0.398 e. The molecule has 0 unspecified atom stereocenters. The highest BCUT2D eigenvalue weighted by molar-refractivity contribution is 5.99. The van der Waals surface area contributed by atoms with Crippen LogP contribution in [0.25, 0.3) is 10.9 Å². The predicted octanol–water partition coefficient (Wildman–Crippen LogP) is 2.16. The molecule has 0 amide bonds. The molecule has 0 fully saturated rings. The monoisotopic (exact) mass is 263 g/mol. The molecule has 102 valence electrons. The first-order valence-corrected chi connectivity index (χ1v) is 6.26.